The summed E-state index contributed by atoms with van der Waals surface area (Å²) in [5, 5.41) is 0. The number of pyridine rings is 1. The number of aromatic nitrogens is 1. The van der Waals surface area contributed by atoms with Gasteiger partial charge in [0.25, 0.3) is 0 Å². The fraction of sp³-hybridized carbons (Fsp3) is 0.143. The zero-order valence-electron chi connectivity index (χ0n) is 10.2. The van der Waals surface area contributed by atoms with Crippen molar-refractivity contribution in [2.45, 2.75) is 0 Å². The number of carbonyl (C=O) groups excluding carboxylic acids is 1. The van der Waals surface area contributed by atoms with E-state index in [-0.39, 0.29) is 5.97 Å². The zero-order chi connectivity index (χ0) is 13.0. The Bertz CT molecular complexity index is 549. The van der Waals surface area contributed by atoms with Crippen LogP contribution in [0.1, 0.15) is 10.4 Å². The standard InChI is InChI=1S/C14H13NO3/c1-17-10-7-8-13(15-9-10)11-5-3-4-6-12(11)14(16)18-2/h3-9H,1-2H3. The van der Waals surface area contributed by atoms with Gasteiger partial charge in [0, 0.05) is 5.56 Å². The minimum absolute atomic E-state index is 0.372. The Balaban J connectivity index is 2.46. The number of hydrogen-bond acceptors (Lipinski definition) is 4. The van der Waals surface area contributed by atoms with Gasteiger partial charge in [-0.05, 0) is 18.2 Å². The zero-order valence-corrected chi connectivity index (χ0v) is 10.2. The molecule has 4 nitrogen and oxygen atoms in total. The smallest absolute Gasteiger partial charge is 0.338 e. The number of benzene rings is 1. The van der Waals surface area contributed by atoms with Crippen LogP contribution >= 0.6 is 0 Å². The minimum atomic E-state index is -0.372. The van der Waals surface area contributed by atoms with Gasteiger partial charge in [-0.1, -0.05) is 18.2 Å². The topological polar surface area (TPSA) is 48.4 Å². The number of ether oxygens (including phenoxy) is 2. The van der Waals surface area contributed by atoms with Crippen LogP contribution in [0.5, 0.6) is 5.75 Å². The summed E-state index contributed by atoms with van der Waals surface area (Å²) in [5.41, 5.74) is 1.95. The molecule has 0 aliphatic heterocycles. The van der Waals surface area contributed by atoms with E-state index in [2.05, 4.69) is 4.98 Å². The molecular formula is C14H13NO3. The molecule has 1 aromatic heterocycles. The van der Waals surface area contributed by atoms with E-state index in [1.165, 1.54) is 7.11 Å². The lowest BCUT2D eigenvalue weighted by Gasteiger charge is -2.07. The molecule has 1 aromatic carbocycles. The van der Waals surface area contributed by atoms with E-state index in [4.69, 9.17) is 9.47 Å². The molecule has 2 rings (SSSR count). The molecular weight excluding hydrogens is 230 g/mol. The van der Waals surface area contributed by atoms with Crippen molar-refractivity contribution in [1.29, 1.82) is 0 Å². The SMILES string of the molecule is COC(=O)c1ccccc1-c1ccc(OC)cn1. The lowest BCUT2D eigenvalue weighted by atomic mass is 10.0. The van der Waals surface area contributed by atoms with Gasteiger partial charge in [0.15, 0.2) is 0 Å². The van der Waals surface area contributed by atoms with Gasteiger partial charge in [0.2, 0.25) is 0 Å². The van der Waals surface area contributed by atoms with Crippen LogP contribution in [0.3, 0.4) is 0 Å². The van der Waals surface area contributed by atoms with E-state index in [0.717, 1.165) is 5.56 Å². The highest BCUT2D eigenvalue weighted by Gasteiger charge is 2.13. The van der Waals surface area contributed by atoms with Crippen LogP contribution in [0.25, 0.3) is 11.3 Å². The van der Waals surface area contributed by atoms with Gasteiger partial charge in [-0.25, -0.2) is 4.79 Å². The van der Waals surface area contributed by atoms with Crippen molar-refractivity contribution in [3.8, 4) is 17.0 Å². The Kier molecular flexibility index (Phi) is 3.57. The van der Waals surface area contributed by atoms with Gasteiger partial charge in [-0.15, -0.1) is 0 Å². The number of methoxy groups -OCH3 is 2. The van der Waals surface area contributed by atoms with Crippen molar-refractivity contribution < 1.29 is 14.3 Å². The molecule has 1 heterocycles. The molecule has 0 radical (unpaired) electrons. The van der Waals surface area contributed by atoms with Gasteiger partial charge in [-0.2, -0.15) is 0 Å². The van der Waals surface area contributed by atoms with E-state index in [9.17, 15) is 4.79 Å². The van der Waals surface area contributed by atoms with Crippen molar-refractivity contribution in [1.82, 2.24) is 4.98 Å². The number of nitrogens with zero attached hydrogens (tertiary/aromatic N) is 1. The fourth-order valence-electron chi connectivity index (χ4n) is 1.65. The summed E-state index contributed by atoms with van der Waals surface area (Å²) >= 11 is 0. The Morgan fingerprint density at radius 2 is 1.89 bits per heavy atom. The number of carbonyl (C=O) groups is 1. The van der Waals surface area contributed by atoms with Crippen LogP contribution in [-0.2, 0) is 4.74 Å². The van der Waals surface area contributed by atoms with Crippen molar-refractivity contribution >= 4 is 5.97 Å². The van der Waals surface area contributed by atoms with E-state index >= 15 is 0 Å². The molecule has 4 heteroatoms. The summed E-state index contributed by atoms with van der Waals surface area (Å²) in [7, 11) is 2.94. The minimum Gasteiger partial charge on any atom is -0.495 e. The van der Waals surface area contributed by atoms with Gasteiger partial charge in [0.05, 0.1) is 31.7 Å². The second-order valence-electron chi connectivity index (χ2n) is 3.62. The maximum atomic E-state index is 11.7. The number of hydrogen-bond donors (Lipinski definition) is 0. The second kappa shape index (κ2) is 5.31. The van der Waals surface area contributed by atoms with Crippen molar-refractivity contribution in [2.24, 2.45) is 0 Å². The first-order chi connectivity index (χ1) is 8.76. The molecule has 0 amide bonds. The Morgan fingerprint density at radius 1 is 1.11 bits per heavy atom. The first-order valence-corrected chi connectivity index (χ1v) is 5.44. The first kappa shape index (κ1) is 12.1. The van der Waals surface area contributed by atoms with Gasteiger partial charge in [-0.3, -0.25) is 4.98 Å². The molecule has 0 N–H and O–H groups in total. The van der Waals surface area contributed by atoms with E-state index in [1.54, 1.807) is 37.6 Å². The third kappa shape index (κ3) is 2.32. The third-order valence-corrected chi connectivity index (χ3v) is 2.58. The Morgan fingerprint density at radius 3 is 2.50 bits per heavy atom. The summed E-state index contributed by atoms with van der Waals surface area (Å²) in [6, 6.07) is 10.8. The monoisotopic (exact) mass is 243 g/mol. The Hall–Kier alpha value is -2.36. The molecule has 0 aliphatic rings. The molecule has 0 saturated carbocycles. The summed E-state index contributed by atoms with van der Waals surface area (Å²) in [6.07, 6.45) is 1.61. The maximum Gasteiger partial charge on any atom is 0.338 e. The van der Waals surface area contributed by atoms with Crippen LogP contribution in [0, 0.1) is 0 Å². The first-order valence-electron chi connectivity index (χ1n) is 5.44. The van der Waals surface area contributed by atoms with Crippen LogP contribution in [0.2, 0.25) is 0 Å². The summed E-state index contributed by atoms with van der Waals surface area (Å²) in [4.78, 5) is 15.9. The number of esters is 1. The van der Waals surface area contributed by atoms with Crippen LogP contribution < -0.4 is 4.74 Å². The highest BCUT2D eigenvalue weighted by Crippen LogP contribution is 2.23. The predicted molar refractivity (Wildman–Crippen MR) is 67.6 cm³/mol. The molecule has 2 aromatic rings. The summed E-state index contributed by atoms with van der Waals surface area (Å²) in [5.74, 6) is 0.303. The molecule has 0 atom stereocenters. The molecule has 0 spiro atoms. The molecule has 0 aliphatic carbocycles. The average molecular weight is 243 g/mol. The normalized spacial score (nSPS) is 9.89. The van der Waals surface area contributed by atoms with E-state index < -0.39 is 0 Å². The van der Waals surface area contributed by atoms with Crippen molar-refractivity contribution in [3.63, 3.8) is 0 Å². The lowest BCUT2D eigenvalue weighted by molar-refractivity contribution is 0.0601. The van der Waals surface area contributed by atoms with Crippen LogP contribution in [0.15, 0.2) is 42.6 Å². The van der Waals surface area contributed by atoms with Crippen molar-refractivity contribution in [2.75, 3.05) is 14.2 Å². The summed E-state index contributed by atoms with van der Waals surface area (Å²) < 4.78 is 9.80. The Labute approximate surface area is 105 Å². The highest BCUT2D eigenvalue weighted by atomic mass is 16.5. The second-order valence-corrected chi connectivity index (χ2v) is 3.62. The lowest BCUT2D eigenvalue weighted by Crippen LogP contribution is -2.03. The molecule has 92 valence electrons. The maximum absolute atomic E-state index is 11.7. The molecule has 0 unspecified atom stereocenters. The molecule has 0 fully saturated rings. The van der Waals surface area contributed by atoms with Gasteiger partial charge < -0.3 is 9.47 Å². The van der Waals surface area contributed by atoms with E-state index in [1.807, 2.05) is 12.1 Å². The van der Waals surface area contributed by atoms with E-state index in [0.29, 0.717) is 17.0 Å². The van der Waals surface area contributed by atoms with Gasteiger partial charge >= 0.3 is 5.97 Å². The fourth-order valence-corrected chi connectivity index (χ4v) is 1.65. The van der Waals surface area contributed by atoms with Gasteiger partial charge in [0.1, 0.15) is 5.75 Å². The third-order valence-electron chi connectivity index (χ3n) is 2.58. The number of rotatable bonds is 3. The quantitative estimate of drug-likeness (QED) is 0.777. The highest BCUT2D eigenvalue weighted by molar-refractivity contribution is 5.96. The summed E-state index contributed by atoms with van der Waals surface area (Å²) in [6.45, 7) is 0. The van der Waals surface area contributed by atoms with Crippen molar-refractivity contribution in [3.05, 3.63) is 48.2 Å². The average Bonchev–Trinajstić information content (AvgIpc) is 2.46. The molecule has 0 saturated heterocycles. The van der Waals surface area contributed by atoms with Crippen LogP contribution in [0.4, 0.5) is 0 Å². The molecule has 0 bridgehead atoms. The van der Waals surface area contributed by atoms with Crippen LogP contribution in [-0.4, -0.2) is 25.2 Å². The largest absolute Gasteiger partial charge is 0.495 e. The molecule has 18 heavy (non-hydrogen) atoms. The predicted octanol–water partition coefficient (Wildman–Crippen LogP) is 2.54.